The zero-order chi connectivity index (χ0) is 17.5. The first-order valence-electron chi connectivity index (χ1n) is 8.84. The number of amides is 3. The molecule has 0 radical (unpaired) electrons. The standard InChI is InChI=1S/C19H29N3O2/c1-14(2)20-19(24)22-12-10-17(11-13-22)21-18(23)9-8-16-6-4-15(3)5-7-16/h4-7,14,17H,8-13H2,1-3H3,(H,20,24)(H,21,23). The van der Waals surface area contributed by atoms with Crippen molar-refractivity contribution in [2.24, 2.45) is 0 Å². The topological polar surface area (TPSA) is 61.4 Å². The summed E-state index contributed by atoms with van der Waals surface area (Å²) in [5.74, 6) is 0.0978. The van der Waals surface area contributed by atoms with E-state index in [0.29, 0.717) is 19.5 Å². The van der Waals surface area contributed by atoms with Crippen LogP contribution in [0.1, 0.15) is 44.2 Å². The van der Waals surface area contributed by atoms with E-state index in [4.69, 9.17) is 0 Å². The third kappa shape index (κ3) is 5.87. The second-order valence-electron chi connectivity index (χ2n) is 6.92. The SMILES string of the molecule is Cc1ccc(CCC(=O)NC2CCN(C(=O)NC(C)C)CC2)cc1. The van der Waals surface area contributed by atoms with Crippen LogP contribution >= 0.6 is 0 Å². The Bertz CT molecular complexity index is 546. The number of hydrogen-bond acceptors (Lipinski definition) is 2. The van der Waals surface area contributed by atoms with E-state index in [-0.39, 0.29) is 24.0 Å². The highest BCUT2D eigenvalue weighted by Gasteiger charge is 2.23. The van der Waals surface area contributed by atoms with E-state index < -0.39 is 0 Å². The summed E-state index contributed by atoms with van der Waals surface area (Å²) in [6.45, 7) is 7.37. The Hall–Kier alpha value is -2.04. The lowest BCUT2D eigenvalue weighted by molar-refractivity contribution is -0.122. The van der Waals surface area contributed by atoms with E-state index in [1.807, 2.05) is 18.7 Å². The molecule has 132 valence electrons. The molecule has 0 unspecified atom stereocenters. The Kier molecular flexibility index (Phi) is 6.64. The van der Waals surface area contributed by atoms with Gasteiger partial charge in [0.25, 0.3) is 0 Å². The highest BCUT2D eigenvalue weighted by molar-refractivity contribution is 5.77. The van der Waals surface area contributed by atoms with Crippen molar-refractivity contribution < 1.29 is 9.59 Å². The molecule has 24 heavy (non-hydrogen) atoms. The normalized spacial score (nSPS) is 15.4. The average Bonchev–Trinajstić information content (AvgIpc) is 2.54. The molecule has 0 saturated carbocycles. The van der Waals surface area contributed by atoms with E-state index in [9.17, 15) is 9.59 Å². The second kappa shape index (κ2) is 8.71. The van der Waals surface area contributed by atoms with Gasteiger partial charge >= 0.3 is 6.03 Å². The van der Waals surface area contributed by atoms with Gasteiger partial charge < -0.3 is 15.5 Å². The number of nitrogens with zero attached hydrogens (tertiary/aromatic N) is 1. The maximum absolute atomic E-state index is 12.1. The molecular weight excluding hydrogens is 302 g/mol. The number of nitrogens with one attached hydrogen (secondary N) is 2. The average molecular weight is 331 g/mol. The summed E-state index contributed by atoms with van der Waals surface area (Å²) in [5.41, 5.74) is 2.42. The molecule has 0 aromatic heterocycles. The van der Waals surface area contributed by atoms with Gasteiger partial charge in [-0.2, -0.15) is 0 Å². The van der Waals surface area contributed by atoms with Crippen molar-refractivity contribution in [1.82, 2.24) is 15.5 Å². The van der Waals surface area contributed by atoms with Crippen molar-refractivity contribution in [2.45, 2.75) is 58.5 Å². The minimum Gasteiger partial charge on any atom is -0.353 e. The number of aryl methyl sites for hydroxylation is 2. The molecule has 0 atom stereocenters. The summed E-state index contributed by atoms with van der Waals surface area (Å²) in [6, 6.07) is 8.63. The number of likely N-dealkylation sites (tertiary alicyclic amines) is 1. The van der Waals surface area contributed by atoms with Gasteiger partial charge in [-0.05, 0) is 45.6 Å². The summed E-state index contributed by atoms with van der Waals surface area (Å²) in [7, 11) is 0. The van der Waals surface area contributed by atoms with Crippen LogP contribution in [0.4, 0.5) is 4.79 Å². The van der Waals surface area contributed by atoms with Crippen LogP contribution < -0.4 is 10.6 Å². The maximum atomic E-state index is 12.1. The summed E-state index contributed by atoms with van der Waals surface area (Å²) in [5, 5.41) is 6.01. The lowest BCUT2D eigenvalue weighted by atomic mass is 10.0. The molecular formula is C19H29N3O2. The lowest BCUT2D eigenvalue weighted by Gasteiger charge is -2.33. The van der Waals surface area contributed by atoms with Crippen molar-refractivity contribution in [2.75, 3.05) is 13.1 Å². The third-order valence-electron chi connectivity index (χ3n) is 4.32. The highest BCUT2D eigenvalue weighted by atomic mass is 16.2. The molecule has 2 rings (SSSR count). The van der Waals surface area contributed by atoms with Crippen LogP contribution in [0.15, 0.2) is 24.3 Å². The molecule has 1 heterocycles. The number of hydrogen-bond donors (Lipinski definition) is 2. The Morgan fingerprint density at radius 3 is 2.38 bits per heavy atom. The second-order valence-corrected chi connectivity index (χ2v) is 6.92. The fourth-order valence-corrected chi connectivity index (χ4v) is 2.88. The molecule has 1 saturated heterocycles. The van der Waals surface area contributed by atoms with Gasteiger partial charge in [0, 0.05) is 31.6 Å². The first-order valence-corrected chi connectivity index (χ1v) is 8.84. The van der Waals surface area contributed by atoms with Gasteiger partial charge in [-0.15, -0.1) is 0 Å². The van der Waals surface area contributed by atoms with E-state index in [2.05, 4.69) is 41.8 Å². The predicted octanol–water partition coefficient (Wildman–Crippen LogP) is 2.63. The fourth-order valence-electron chi connectivity index (χ4n) is 2.88. The molecule has 0 bridgehead atoms. The zero-order valence-electron chi connectivity index (χ0n) is 15.0. The fraction of sp³-hybridized carbons (Fsp3) is 0.579. The Morgan fingerprint density at radius 2 is 1.79 bits per heavy atom. The first kappa shape index (κ1) is 18.3. The quantitative estimate of drug-likeness (QED) is 0.871. The molecule has 5 nitrogen and oxygen atoms in total. The van der Waals surface area contributed by atoms with Gasteiger partial charge in [-0.1, -0.05) is 29.8 Å². The van der Waals surface area contributed by atoms with Gasteiger partial charge in [-0.25, -0.2) is 4.79 Å². The summed E-state index contributed by atoms with van der Waals surface area (Å²) >= 11 is 0. The highest BCUT2D eigenvalue weighted by Crippen LogP contribution is 2.11. The van der Waals surface area contributed by atoms with Crippen molar-refractivity contribution in [3.63, 3.8) is 0 Å². The molecule has 0 spiro atoms. The van der Waals surface area contributed by atoms with Crippen LogP contribution in [0, 0.1) is 6.92 Å². The van der Waals surface area contributed by atoms with E-state index in [1.54, 1.807) is 0 Å². The van der Waals surface area contributed by atoms with Crippen molar-refractivity contribution in [1.29, 1.82) is 0 Å². The molecule has 3 amide bonds. The van der Waals surface area contributed by atoms with Gasteiger partial charge in [0.1, 0.15) is 0 Å². The van der Waals surface area contributed by atoms with E-state index in [1.165, 1.54) is 11.1 Å². The molecule has 0 aliphatic carbocycles. The molecule has 1 aliphatic heterocycles. The minimum atomic E-state index is -0.00542. The molecule has 1 aromatic rings. The molecule has 1 aromatic carbocycles. The monoisotopic (exact) mass is 331 g/mol. The Labute approximate surface area is 144 Å². The van der Waals surface area contributed by atoms with Crippen LogP contribution in [-0.2, 0) is 11.2 Å². The first-order chi connectivity index (χ1) is 11.4. The van der Waals surface area contributed by atoms with E-state index in [0.717, 1.165) is 19.3 Å². The van der Waals surface area contributed by atoms with Gasteiger partial charge in [0.05, 0.1) is 0 Å². The number of carbonyl (C=O) groups excluding carboxylic acids is 2. The van der Waals surface area contributed by atoms with Crippen LogP contribution in [-0.4, -0.2) is 42.0 Å². The van der Waals surface area contributed by atoms with Gasteiger partial charge in [-0.3, -0.25) is 4.79 Å². The predicted molar refractivity (Wildman–Crippen MR) is 95.9 cm³/mol. The summed E-state index contributed by atoms with van der Waals surface area (Å²) < 4.78 is 0. The Morgan fingerprint density at radius 1 is 1.17 bits per heavy atom. The summed E-state index contributed by atoms with van der Waals surface area (Å²) in [4.78, 5) is 25.9. The number of carbonyl (C=O) groups is 2. The maximum Gasteiger partial charge on any atom is 0.317 e. The van der Waals surface area contributed by atoms with Crippen LogP contribution in [0.2, 0.25) is 0 Å². The molecule has 2 N–H and O–H groups in total. The van der Waals surface area contributed by atoms with Crippen molar-refractivity contribution in [3.8, 4) is 0 Å². The van der Waals surface area contributed by atoms with Crippen molar-refractivity contribution >= 4 is 11.9 Å². The molecule has 5 heteroatoms. The van der Waals surface area contributed by atoms with Crippen LogP contribution in [0.3, 0.4) is 0 Å². The van der Waals surface area contributed by atoms with E-state index >= 15 is 0 Å². The third-order valence-corrected chi connectivity index (χ3v) is 4.32. The van der Waals surface area contributed by atoms with Crippen LogP contribution in [0.25, 0.3) is 0 Å². The number of urea groups is 1. The molecule has 1 fully saturated rings. The lowest BCUT2D eigenvalue weighted by Crippen LogP contribution is -2.50. The van der Waals surface area contributed by atoms with Crippen molar-refractivity contribution in [3.05, 3.63) is 35.4 Å². The number of piperidine rings is 1. The van der Waals surface area contributed by atoms with Gasteiger partial charge in [0.2, 0.25) is 5.91 Å². The Balaban J connectivity index is 1.68. The summed E-state index contributed by atoms with van der Waals surface area (Å²) in [6.07, 6.45) is 2.92. The van der Waals surface area contributed by atoms with Gasteiger partial charge in [0.15, 0.2) is 0 Å². The smallest absolute Gasteiger partial charge is 0.317 e. The number of rotatable bonds is 5. The minimum absolute atomic E-state index is 0.00542. The number of benzene rings is 1. The molecule has 1 aliphatic rings. The zero-order valence-corrected chi connectivity index (χ0v) is 15.0. The van der Waals surface area contributed by atoms with Crippen LogP contribution in [0.5, 0.6) is 0 Å². The largest absolute Gasteiger partial charge is 0.353 e.